The molecule has 2 heterocycles. The lowest BCUT2D eigenvalue weighted by Gasteiger charge is -2.01. The molecule has 9 heteroatoms. The van der Waals surface area contributed by atoms with Crippen LogP contribution in [0.25, 0.3) is 0 Å². The molecule has 98 valence electrons. The topological polar surface area (TPSA) is 123 Å². The standard InChI is InChI=1S/C10H10N6O3/c17-9(18)5-16-4-8(14-15-16)3-13-10(19)7-1-11-6-12-2-7/h1-2,4,6H,3,5H2,(H,13,19)(H,17,18). The van der Waals surface area contributed by atoms with Crippen molar-refractivity contribution in [3.63, 3.8) is 0 Å². The first kappa shape index (κ1) is 12.6. The highest BCUT2D eigenvalue weighted by Crippen LogP contribution is 1.96. The lowest BCUT2D eigenvalue weighted by atomic mass is 10.3. The van der Waals surface area contributed by atoms with Gasteiger partial charge in [-0.1, -0.05) is 5.21 Å². The second-order valence-corrected chi connectivity index (χ2v) is 3.61. The molecule has 2 aromatic rings. The van der Waals surface area contributed by atoms with E-state index in [-0.39, 0.29) is 19.0 Å². The molecule has 0 saturated heterocycles. The van der Waals surface area contributed by atoms with E-state index >= 15 is 0 Å². The van der Waals surface area contributed by atoms with E-state index in [1.807, 2.05) is 0 Å². The van der Waals surface area contributed by atoms with Crippen LogP contribution >= 0.6 is 0 Å². The van der Waals surface area contributed by atoms with Gasteiger partial charge in [0.25, 0.3) is 5.91 Å². The zero-order valence-electron chi connectivity index (χ0n) is 9.72. The van der Waals surface area contributed by atoms with E-state index in [9.17, 15) is 9.59 Å². The summed E-state index contributed by atoms with van der Waals surface area (Å²) in [5.41, 5.74) is 0.798. The van der Waals surface area contributed by atoms with Crippen LogP contribution in [0.2, 0.25) is 0 Å². The van der Waals surface area contributed by atoms with Gasteiger partial charge >= 0.3 is 5.97 Å². The molecule has 0 fully saturated rings. The first-order chi connectivity index (χ1) is 9.15. The number of carbonyl (C=O) groups is 2. The minimum atomic E-state index is -1.01. The molecule has 9 nitrogen and oxygen atoms in total. The number of aliphatic carboxylic acids is 1. The Morgan fingerprint density at radius 3 is 2.74 bits per heavy atom. The van der Waals surface area contributed by atoms with Crippen molar-refractivity contribution in [2.75, 3.05) is 0 Å². The molecule has 0 atom stereocenters. The van der Waals surface area contributed by atoms with Gasteiger partial charge in [-0.3, -0.25) is 9.59 Å². The van der Waals surface area contributed by atoms with Gasteiger partial charge in [0.15, 0.2) is 0 Å². The van der Waals surface area contributed by atoms with E-state index in [2.05, 4.69) is 25.6 Å². The van der Waals surface area contributed by atoms with Crippen LogP contribution in [0.4, 0.5) is 0 Å². The third-order valence-electron chi connectivity index (χ3n) is 2.14. The first-order valence-electron chi connectivity index (χ1n) is 5.29. The predicted octanol–water partition coefficient (Wildman–Crippen LogP) is -0.917. The summed E-state index contributed by atoms with van der Waals surface area (Å²) < 4.78 is 1.18. The average Bonchev–Trinajstić information content (AvgIpc) is 2.84. The molecule has 2 aromatic heterocycles. The number of rotatable bonds is 5. The summed E-state index contributed by atoms with van der Waals surface area (Å²) in [7, 11) is 0. The molecule has 0 radical (unpaired) electrons. The van der Waals surface area contributed by atoms with E-state index in [4.69, 9.17) is 5.11 Å². The molecule has 19 heavy (non-hydrogen) atoms. The maximum absolute atomic E-state index is 11.7. The number of carbonyl (C=O) groups excluding carboxylic acids is 1. The quantitative estimate of drug-likeness (QED) is 0.714. The fourth-order valence-corrected chi connectivity index (χ4v) is 1.32. The van der Waals surface area contributed by atoms with Crippen LogP contribution in [-0.4, -0.2) is 41.9 Å². The molecule has 0 spiro atoms. The second kappa shape index (κ2) is 5.67. The van der Waals surface area contributed by atoms with Crippen LogP contribution in [0.1, 0.15) is 16.1 Å². The maximum atomic E-state index is 11.7. The second-order valence-electron chi connectivity index (χ2n) is 3.61. The average molecular weight is 262 g/mol. The highest BCUT2D eigenvalue weighted by Gasteiger charge is 2.08. The summed E-state index contributed by atoms with van der Waals surface area (Å²) in [6.45, 7) is -0.124. The summed E-state index contributed by atoms with van der Waals surface area (Å²) >= 11 is 0. The Hall–Kier alpha value is -2.84. The van der Waals surface area contributed by atoms with E-state index in [1.165, 1.54) is 29.6 Å². The molecule has 0 bridgehead atoms. The van der Waals surface area contributed by atoms with Gasteiger partial charge in [0.1, 0.15) is 18.6 Å². The lowest BCUT2D eigenvalue weighted by Crippen LogP contribution is -2.23. The van der Waals surface area contributed by atoms with Gasteiger partial charge in [-0.05, 0) is 0 Å². The molecule has 0 aliphatic heterocycles. The van der Waals surface area contributed by atoms with Crippen molar-refractivity contribution < 1.29 is 14.7 Å². The third-order valence-corrected chi connectivity index (χ3v) is 2.14. The zero-order chi connectivity index (χ0) is 13.7. The number of hydrogen-bond acceptors (Lipinski definition) is 6. The van der Waals surface area contributed by atoms with E-state index in [0.29, 0.717) is 11.3 Å². The van der Waals surface area contributed by atoms with Gasteiger partial charge in [-0.15, -0.1) is 5.10 Å². The molecule has 1 amide bonds. The molecule has 0 aromatic carbocycles. The van der Waals surface area contributed by atoms with Crippen molar-refractivity contribution in [3.8, 4) is 0 Å². The number of amides is 1. The molecule has 0 unspecified atom stereocenters. The van der Waals surface area contributed by atoms with Crippen LogP contribution in [0, 0.1) is 0 Å². The van der Waals surface area contributed by atoms with E-state index in [1.54, 1.807) is 0 Å². The first-order valence-corrected chi connectivity index (χ1v) is 5.29. The van der Waals surface area contributed by atoms with Crippen LogP contribution in [0.15, 0.2) is 24.9 Å². The van der Waals surface area contributed by atoms with Gasteiger partial charge in [0.05, 0.1) is 18.3 Å². The largest absolute Gasteiger partial charge is 0.480 e. The molecule has 0 saturated carbocycles. The Morgan fingerprint density at radius 1 is 1.32 bits per heavy atom. The lowest BCUT2D eigenvalue weighted by molar-refractivity contribution is -0.137. The van der Waals surface area contributed by atoms with Crippen LogP contribution in [0.5, 0.6) is 0 Å². The summed E-state index contributed by atoms with van der Waals surface area (Å²) in [6.07, 6.45) is 5.57. The van der Waals surface area contributed by atoms with Gasteiger partial charge in [-0.25, -0.2) is 14.6 Å². The highest BCUT2D eigenvalue weighted by molar-refractivity contribution is 5.93. The molecule has 2 N–H and O–H groups in total. The summed E-state index contributed by atoms with van der Waals surface area (Å²) in [5, 5.41) is 18.5. The van der Waals surface area contributed by atoms with Gasteiger partial charge in [0.2, 0.25) is 0 Å². The monoisotopic (exact) mass is 262 g/mol. The van der Waals surface area contributed by atoms with Gasteiger partial charge in [-0.2, -0.15) is 0 Å². The number of carboxylic acids is 1. The SMILES string of the molecule is O=C(O)Cn1cc(CNC(=O)c2cncnc2)nn1. The van der Waals surface area contributed by atoms with Crippen molar-refractivity contribution in [2.24, 2.45) is 0 Å². The Morgan fingerprint density at radius 2 is 2.05 bits per heavy atom. The van der Waals surface area contributed by atoms with Gasteiger partial charge < -0.3 is 10.4 Å². The summed E-state index contributed by atoms with van der Waals surface area (Å²) in [6, 6.07) is 0. The Bertz CT molecular complexity index is 582. The van der Waals surface area contributed by atoms with E-state index in [0.717, 1.165) is 0 Å². The van der Waals surface area contributed by atoms with Gasteiger partial charge in [0, 0.05) is 12.4 Å². The van der Waals surface area contributed by atoms with Crippen LogP contribution in [0.3, 0.4) is 0 Å². The number of hydrogen-bond donors (Lipinski definition) is 2. The van der Waals surface area contributed by atoms with Crippen molar-refractivity contribution in [1.82, 2.24) is 30.3 Å². The van der Waals surface area contributed by atoms with Crippen molar-refractivity contribution in [1.29, 1.82) is 0 Å². The summed E-state index contributed by atoms with van der Waals surface area (Å²) in [5.74, 6) is -1.35. The summed E-state index contributed by atoms with van der Waals surface area (Å²) in [4.78, 5) is 29.6. The fraction of sp³-hybridized carbons (Fsp3) is 0.200. The third kappa shape index (κ3) is 3.56. The normalized spacial score (nSPS) is 10.1. The zero-order valence-corrected chi connectivity index (χ0v) is 9.72. The molecule has 0 aliphatic carbocycles. The van der Waals surface area contributed by atoms with Crippen molar-refractivity contribution in [2.45, 2.75) is 13.1 Å². The van der Waals surface area contributed by atoms with Crippen LogP contribution < -0.4 is 5.32 Å². The molecular weight excluding hydrogens is 252 g/mol. The predicted molar refractivity (Wildman–Crippen MR) is 60.9 cm³/mol. The number of nitrogens with zero attached hydrogens (tertiary/aromatic N) is 5. The minimum absolute atomic E-state index is 0.146. The van der Waals surface area contributed by atoms with Crippen molar-refractivity contribution >= 4 is 11.9 Å². The number of carboxylic acid groups (broad SMARTS) is 1. The number of aromatic nitrogens is 5. The molecule has 0 aliphatic rings. The fourth-order valence-electron chi connectivity index (χ4n) is 1.32. The van der Waals surface area contributed by atoms with Crippen LogP contribution in [-0.2, 0) is 17.9 Å². The Balaban J connectivity index is 1.90. The highest BCUT2D eigenvalue weighted by atomic mass is 16.4. The minimum Gasteiger partial charge on any atom is -0.480 e. The molecule has 2 rings (SSSR count). The Labute approximate surface area is 107 Å². The maximum Gasteiger partial charge on any atom is 0.325 e. The van der Waals surface area contributed by atoms with E-state index < -0.39 is 5.97 Å². The smallest absolute Gasteiger partial charge is 0.325 e. The Kier molecular flexibility index (Phi) is 3.76. The number of nitrogens with one attached hydrogen (secondary N) is 1. The van der Waals surface area contributed by atoms with Crippen molar-refractivity contribution in [3.05, 3.63) is 36.2 Å². The molecular formula is C10H10N6O3.